The average molecular weight is 180 g/mol. The van der Waals surface area contributed by atoms with Crippen molar-refractivity contribution in [2.24, 2.45) is 0 Å². The summed E-state index contributed by atoms with van der Waals surface area (Å²) in [7, 11) is 0. The number of nitrogens with zero attached hydrogens (tertiary/aromatic N) is 2. The largest absolute Gasteiger partial charge is 0.284 e. The number of para-hydroxylation sites is 1. The van der Waals surface area contributed by atoms with Crippen LogP contribution in [-0.4, -0.2) is 10.2 Å². The van der Waals surface area contributed by atoms with E-state index in [1.54, 1.807) is 12.3 Å². The summed E-state index contributed by atoms with van der Waals surface area (Å²) in [6, 6.07) is 7.59. The van der Waals surface area contributed by atoms with Crippen molar-refractivity contribution in [1.29, 1.82) is 5.26 Å². The second kappa shape index (κ2) is 3.24. The first-order valence-electron chi connectivity index (χ1n) is 3.24. The molecule has 4 heteroatoms. The first-order valence-corrected chi connectivity index (χ1v) is 3.24. The summed E-state index contributed by atoms with van der Waals surface area (Å²) in [5, 5.41) is 16.3. The van der Waals surface area contributed by atoms with E-state index in [2.05, 4.69) is 16.3 Å². The van der Waals surface area contributed by atoms with Crippen LogP contribution in [0.4, 0.5) is 0 Å². The third-order valence-electron chi connectivity index (χ3n) is 1.58. The molecular formula is C8H6ClN3. The number of rotatable bonds is 0. The molecule has 1 N–H and O–H groups in total. The molecule has 0 unspecified atom stereocenters. The second-order valence-electron chi connectivity index (χ2n) is 2.24. The topological polar surface area (TPSA) is 52.5 Å². The molecule has 0 radical (unpaired) electrons. The predicted molar refractivity (Wildman–Crippen MR) is 48.1 cm³/mol. The fourth-order valence-electron chi connectivity index (χ4n) is 1.06. The van der Waals surface area contributed by atoms with E-state index in [9.17, 15) is 0 Å². The molecule has 60 valence electrons. The fourth-order valence-corrected chi connectivity index (χ4v) is 1.06. The highest BCUT2D eigenvalue weighted by molar-refractivity contribution is 5.85. The van der Waals surface area contributed by atoms with E-state index in [-0.39, 0.29) is 12.4 Å². The molecule has 1 aromatic heterocycles. The van der Waals surface area contributed by atoms with Gasteiger partial charge in [0.15, 0.2) is 0 Å². The van der Waals surface area contributed by atoms with Crippen LogP contribution in [0.5, 0.6) is 0 Å². The van der Waals surface area contributed by atoms with E-state index in [4.69, 9.17) is 5.26 Å². The lowest BCUT2D eigenvalue weighted by Gasteiger charge is -1.87. The first-order chi connectivity index (χ1) is 5.42. The number of halogens is 1. The van der Waals surface area contributed by atoms with Gasteiger partial charge in [-0.2, -0.15) is 10.4 Å². The zero-order valence-electron chi connectivity index (χ0n) is 6.11. The van der Waals surface area contributed by atoms with Crippen LogP contribution >= 0.6 is 12.4 Å². The number of fused-ring (bicyclic) bond motifs is 1. The fraction of sp³-hybridized carbons (Fsp3) is 0. The van der Waals surface area contributed by atoms with E-state index in [0.29, 0.717) is 5.56 Å². The SMILES string of the molecule is Cl.N#Cc1cccc2c[nH]nc12. The number of H-pyrrole nitrogens is 1. The van der Waals surface area contributed by atoms with Gasteiger partial charge in [0.2, 0.25) is 0 Å². The lowest BCUT2D eigenvalue weighted by molar-refractivity contribution is 1.12. The Morgan fingerprint density at radius 2 is 2.25 bits per heavy atom. The maximum absolute atomic E-state index is 8.65. The van der Waals surface area contributed by atoms with Gasteiger partial charge in [-0.1, -0.05) is 12.1 Å². The molecule has 0 bridgehead atoms. The molecule has 0 amide bonds. The lowest BCUT2D eigenvalue weighted by Crippen LogP contribution is -1.75. The molecule has 0 aliphatic carbocycles. The van der Waals surface area contributed by atoms with Gasteiger partial charge in [-0.25, -0.2) is 0 Å². The van der Waals surface area contributed by atoms with Crippen molar-refractivity contribution in [3.63, 3.8) is 0 Å². The molecule has 1 aromatic carbocycles. The number of aromatic nitrogens is 2. The Bertz CT molecular complexity index is 427. The molecule has 0 aliphatic heterocycles. The van der Waals surface area contributed by atoms with Gasteiger partial charge in [-0.05, 0) is 6.07 Å². The number of hydrogen-bond acceptors (Lipinski definition) is 2. The Hall–Kier alpha value is -1.53. The van der Waals surface area contributed by atoms with Crippen molar-refractivity contribution in [3.8, 4) is 6.07 Å². The van der Waals surface area contributed by atoms with E-state index < -0.39 is 0 Å². The average Bonchev–Trinajstić information content (AvgIpc) is 2.50. The number of nitriles is 1. The van der Waals surface area contributed by atoms with Crippen LogP contribution in [-0.2, 0) is 0 Å². The number of hydrogen-bond donors (Lipinski definition) is 1. The van der Waals surface area contributed by atoms with Crippen LogP contribution in [0, 0.1) is 11.3 Å². The van der Waals surface area contributed by atoms with Crippen LogP contribution in [0.1, 0.15) is 5.56 Å². The van der Waals surface area contributed by atoms with Crippen LogP contribution in [0.25, 0.3) is 10.9 Å². The van der Waals surface area contributed by atoms with Gasteiger partial charge in [0.1, 0.15) is 11.6 Å². The molecule has 0 saturated heterocycles. The summed E-state index contributed by atoms with van der Waals surface area (Å²) < 4.78 is 0. The predicted octanol–water partition coefficient (Wildman–Crippen LogP) is 1.86. The van der Waals surface area contributed by atoms with Crippen LogP contribution in [0.3, 0.4) is 0 Å². The minimum Gasteiger partial charge on any atom is -0.284 e. The molecular weight excluding hydrogens is 174 g/mol. The molecule has 0 aliphatic rings. The van der Waals surface area contributed by atoms with Crippen molar-refractivity contribution >= 4 is 23.3 Å². The van der Waals surface area contributed by atoms with Crippen molar-refractivity contribution in [1.82, 2.24) is 10.2 Å². The Labute approximate surface area is 75.4 Å². The Kier molecular flexibility index (Phi) is 2.32. The lowest BCUT2D eigenvalue weighted by atomic mass is 10.2. The molecule has 0 fully saturated rings. The molecule has 3 nitrogen and oxygen atoms in total. The van der Waals surface area contributed by atoms with Crippen LogP contribution < -0.4 is 0 Å². The molecule has 12 heavy (non-hydrogen) atoms. The van der Waals surface area contributed by atoms with Gasteiger partial charge in [-0.15, -0.1) is 12.4 Å². The molecule has 0 atom stereocenters. The highest BCUT2D eigenvalue weighted by Crippen LogP contribution is 2.13. The second-order valence-corrected chi connectivity index (χ2v) is 2.24. The Morgan fingerprint density at radius 3 is 3.00 bits per heavy atom. The van der Waals surface area contributed by atoms with Gasteiger partial charge in [0.05, 0.1) is 5.56 Å². The standard InChI is InChI=1S/C8H5N3.ClH/c9-4-6-2-1-3-7-5-10-11-8(6)7;/h1-3,5H,(H,10,11);1H. The molecule has 1 heterocycles. The summed E-state index contributed by atoms with van der Waals surface area (Å²) >= 11 is 0. The normalized spacial score (nSPS) is 8.92. The third kappa shape index (κ3) is 1.13. The summed E-state index contributed by atoms with van der Waals surface area (Å²) in [5.74, 6) is 0. The van der Waals surface area contributed by atoms with E-state index in [0.717, 1.165) is 10.9 Å². The van der Waals surface area contributed by atoms with Crippen molar-refractivity contribution in [2.45, 2.75) is 0 Å². The van der Waals surface area contributed by atoms with Crippen molar-refractivity contribution < 1.29 is 0 Å². The third-order valence-corrected chi connectivity index (χ3v) is 1.58. The zero-order valence-corrected chi connectivity index (χ0v) is 6.93. The van der Waals surface area contributed by atoms with E-state index in [1.807, 2.05) is 12.1 Å². The quantitative estimate of drug-likeness (QED) is 0.671. The molecule has 0 saturated carbocycles. The maximum atomic E-state index is 8.65. The highest BCUT2D eigenvalue weighted by atomic mass is 35.5. The minimum atomic E-state index is 0. The van der Waals surface area contributed by atoms with Crippen molar-refractivity contribution in [2.75, 3.05) is 0 Å². The molecule has 2 aromatic rings. The first kappa shape index (κ1) is 8.57. The minimum absolute atomic E-state index is 0. The van der Waals surface area contributed by atoms with Crippen molar-refractivity contribution in [3.05, 3.63) is 30.0 Å². The number of aromatic amines is 1. The molecule has 0 spiro atoms. The van der Waals surface area contributed by atoms with Crippen LogP contribution in [0.2, 0.25) is 0 Å². The number of benzene rings is 1. The summed E-state index contributed by atoms with van der Waals surface area (Å²) in [6.07, 6.45) is 1.77. The van der Waals surface area contributed by atoms with E-state index >= 15 is 0 Å². The summed E-state index contributed by atoms with van der Waals surface area (Å²) in [4.78, 5) is 0. The summed E-state index contributed by atoms with van der Waals surface area (Å²) in [6.45, 7) is 0. The van der Waals surface area contributed by atoms with Gasteiger partial charge in [0, 0.05) is 11.6 Å². The Morgan fingerprint density at radius 1 is 1.42 bits per heavy atom. The van der Waals surface area contributed by atoms with E-state index in [1.165, 1.54) is 0 Å². The van der Waals surface area contributed by atoms with Gasteiger partial charge in [-0.3, -0.25) is 5.10 Å². The smallest absolute Gasteiger partial charge is 0.110 e. The van der Waals surface area contributed by atoms with Gasteiger partial charge < -0.3 is 0 Å². The molecule has 2 rings (SSSR count). The van der Waals surface area contributed by atoms with Crippen LogP contribution in [0.15, 0.2) is 24.4 Å². The highest BCUT2D eigenvalue weighted by Gasteiger charge is 1.99. The van der Waals surface area contributed by atoms with Gasteiger partial charge in [0.25, 0.3) is 0 Å². The monoisotopic (exact) mass is 179 g/mol. The van der Waals surface area contributed by atoms with Gasteiger partial charge >= 0.3 is 0 Å². The zero-order chi connectivity index (χ0) is 7.68. The maximum Gasteiger partial charge on any atom is 0.110 e. The Balaban J connectivity index is 0.000000720. The summed E-state index contributed by atoms with van der Waals surface area (Å²) in [5.41, 5.74) is 1.36. The number of nitrogens with one attached hydrogen (secondary N) is 1.